The molecule has 2 N–H and O–H groups in total. The van der Waals surface area contributed by atoms with Crippen LogP contribution in [-0.2, 0) is 6.54 Å². The van der Waals surface area contributed by atoms with Crippen molar-refractivity contribution in [2.24, 2.45) is 0 Å². The molecule has 0 fully saturated rings. The van der Waals surface area contributed by atoms with Gasteiger partial charge in [0.2, 0.25) is 0 Å². The summed E-state index contributed by atoms with van der Waals surface area (Å²) in [5.74, 6) is -0.187. The fraction of sp³-hybridized carbons (Fsp3) is 0.0769. The third-order valence-electron chi connectivity index (χ3n) is 2.68. The van der Waals surface area contributed by atoms with E-state index in [1.54, 1.807) is 18.3 Å². The van der Waals surface area contributed by atoms with Crippen molar-refractivity contribution in [3.05, 3.63) is 52.6 Å². The predicted molar refractivity (Wildman–Crippen MR) is 73.7 cm³/mol. The number of amides is 1. The highest BCUT2D eigenvalue weighted by molar-refractivity contribution is 9.10. The Kier molecular flexibility index (Phi) is 3.08. The molecule has 3 aromatic rings. The zero-order chi connectivity index (χ0) is 13.2. The van der Waals surface area contributed by atoms with Gasteiger partial charge in [-0.3, -0.25) is 9.78 Å². The minimum absolute atomic E-state index is 0.187. The van der Waals surface area contributed by atoms with E-state index >= 15 is 0 Å². The number of hydrogen-bond acceptors (Lipinski definition) is 3. The summed E-state index contributed by atoms with van der Waals surface area (Å²) in [6.45, 7) is 0.393. The van der Waals surface area contributed by atoms with Crippen molar-refractivity contribution in [2.45, 2.75) is 6.54 Å². The third kappa shape index (κ3) is 2.53. The third-order valence-corrected chi connectivity index (χ3v) is 3.07. The summed E-state index contributed by atoms with van der Waals surface area (Å²) >= 11 is 3.23. The molecule has 0 atom stereocenters. The highest BCUT2D eigenvalue weighted by Crippen LogP contribution is 2.23. The van der Waals surface area contributed by atoms with Gasteiger partial charge in [-0.25, -0.2) is 0 Å². The minimum atomic E-state index is -0.187. The Hall–Kier alpha value is -2.08. The van der Waals surface area contributed by atoms with E-state index in [4.69, 9.17) is 4.42 Å². The second-order valence-corrected chi connectivity index (χ2v) is 4.80. The number of carbonyl (C=O) groups excluding carboxylic acids is 1. The molecule has 0 aromatic carbocycles. The standard InChI is InChI=1S/C13H10BrN3O2/c14-12-6-9-11(19-12)5-10(17-9)13(18)16-7-8-3-1-2-4-15-8/h1-6,17H,7H2,(H,16,18). The summed E-state index contributed by atoms with van der Waals surface area (Å²) < 4.78 is 5.99. The molecule has 0 saturated heterocycles. The molecule has 1 amide bonds. The van der Waals surface area contributed by atoms with E-state index in [-0.39, 0.29) is 5.91 Å². The van der Waals surface area contributed by atoms with Gasteiger partial charge in [0.15, 0.2) is 10.3 Å². The summed E-state index contributed by atoms with van der Waals surface area (Å²) in [4.78, 5) is 19.1. The normalized spacial score (nSPS) is 10.8. The van der Waals surface area contributed by atoms with Gasteiger partial charge in [-0.15, -0.1) is 0 Å². The minimum Gasteiger partial charge on any atom is -0.448 e. The number of hydrogen-bond donors (Lipinski definition) is 2. The average molecular weight is 320 g/mol. The van der Waals surface area contributed by atoms with Crippen LogP contribution in [0.3, 0.4) is 0 Å². The van der Waals surface area contributed by atoms with Crippen LogP contribution in [0.25, 0.3) is 11.1 Å². The summed E-state index contributed by atoms with van der Waals surface area (Å²) in [5.41, 5.74) is 2.72. The number of pyridine rings is 1. The van der Waals surface area contributed by atoms with Crippen LogP contribution in [-0.4, -0.2) is 15.9 Å². The molecule has 3 aromatic heterocycles. The predicted octanol–water partition coefficient (Wildman–Crippen LogP) is 2.85. The lowest BCUT2D eigenvalue weighted by Gasteiger charge is -2.02. The van der Waals surface area contributed by atoms with Crippen LogP contribution < -0.4 is 5.32 Å². The van der Waals surface area contributed by atoms with Crippen LogP contribution in [0.2, 0.25) is 0 Å². The molecule has 0 aliphatic rings. The van der Waals surface area contributed by atoms with Crippen LogP contribution >= 0.6 is 15.9 Å². The first kappa shape index (κ1) is 12.0. The average Bonchev–Trinajstić information content (AvgIpc) is 2.94. The highest BCUT2D eigenvalue weighted by atomic mass is 79.9. The molecule has 3 heterocycles. The molecular weight excluding hydrogens is 310 g/mol. The zero-order valence-electron chi connectivity index (χ0n) is 9.81. The maximum absolute atomic E-state index is 11.9. The van der Waals surface area contributed by atoms with Crippen LogP contribution in [0.5, 0.6) is 0 Å². The smallest absolute Gasteiger partial charge is 0.268 e. The number of furan rings is 1. The number of nitrogens with zero attached hydrogens (tertiary/aromatic N) is 1. The van der Waals surface area contributed by atoms with Crippen molar-refractivity contribution in [3.63, 3.8) is 0 Å². The Morgan fingerprint density at radius 3 is 3.05 bits per heavy atom. The van der Waals surface area contributed by atoms with Crippen molar-refractivity contribution >= 4 is 32.9 Å². The molecule has 5 nitrogen and oxygen atoms in total. The van der Waals surface area contributed by atoms with Gasteiger partial charge in [0.1, 0.15) is 5.69 Å². The Bertz CT molecular complexity index is 686. The van der Waals surface area contributed by atoms with E-state index in [9.17, 15) is 4.79 Å². The first-order valence-electron chi connectivity index (χ1n) is 5.68. The Balaban J connectivity index is 1.71. The van der Waals surface area contributed by atoms with Crippen LogP contribution in [0.15, 0.2) is 45.6 Å². The molecule has 3 rings (SSSR count). The molecule has 0 saturated carbocycles. The van der Waals surface area contributed by atoms with E-state index < -0.39 is 0 Å². The highest BCUT2D eigenvalue weighted by Gasteiger charge is 2.12. The van der Waals surface area contributed by atoms with Gasteiger partial charge in [0, 0.05) is 18.3 Å². The Morgan fingerprint density at radius 2 is 2.32 bits per heavy atom. The number of aromatic amines is 1. The molecule has 0 aliphatic carbocycles. The molecule has 19 heavy (non-hydrogen) atoms. The molecule has 0 spiro atoms. The largest absolute Gasteiger partial charge is 0.448 e. The summed E-state index contributed by atoms with van der Waals surface area (Å²) in [6, 6.07) is 9.03. The summed E-state index contributed by atoms with van der Waals surface area (Å²) in [7, 11) is 0. The van der Waals surface area contributed by atoms with Crippen molar-refractivity contribution in [1.82, 2.24) is 15.3 Å². The van der Waals surface area contributed by atoms with Gasteiger partial charge in [-0.05, 0) is 28.1 Å². The van der Waals surface area contributed by atoms with Crippen molar-refractivity contribution in [3.8, 4) is 0 Å². The van der Waals surface area contributed by atoms with Gasteiger partial charge in [-0.2, -0.15) is 0 Å². The van der Waals surface area contributed by atoms with Crippen LogP contribution in [0, 0.1) is 0 Å². The van der Waals surface area contributed by atoms with Gasteiger partial charge in [0.05, 0.1) is 17.8 Å². The molecule has 0 radical (unpaired) electrons. The molecule has 96 valence electrons. The lowest BCUT2D eigenvalue weighted by atomic mass is 10.3. The van der Waals surface area contributed by atoms with E-state index in [0.717, 1.165) is 11.2 Å². The molecule has 0 bridgehead atoms. The molecule has 6 heteroatoms. The summed E-state index contributed by atoms with van der Waals surface area (Å²) in [6.07, 6.45) is 1.70. The molecule has 0 aliphatic heterocycles. The SMILES string of the molecule is O=C(NCc1ccccn1)c1cc2oc(Br)cc2[nH]1. The monoisotopic (exact) mass is 319 g/mol. The lowest BCUT2D eigenvalue weighted by Crippen LogP contribution is -2.23. The maximum atomic E-state index is 11.9. The van der Waals surface area contributed by atoms with Crippen LogP contribution in [0.1, 0.15) is 16.2 Å². The fourth-order valence-electron chi connectivity index (χ4n) is 1.78. The van der Waals surface area contributed by atoms with E-state index in [2.05, 4.69) is 31.2 Å². The molecular formula is C13H10BrN3O2. The first-order chi connectivity index (χ1) is 9.22. The number of halogens is 1. The van der Waals surface area contributed by atoms with Crippen LogP contribution in [0.4, 0.5) is 0 Å². The Morgan fingerprint density at radius 1 is 1.42 bits per heavy atom. The van der Waals surface area contributed by atoms with Gasteiger partial charge < -0.3 is 14.7 Å². The van der Waals surface area contributed by atoms with Crippen molar-refractivity contribution in [2.75, 3.05) is 0 Å². The second-order valence-electron chi connectivity index (χ2n) is 4.02. The van der Waals surface area contributed by atoms with Crippen molar-refractivity contribution in [1.29, 1.82) is 0 Å². The van der Waals surface area contributed by atoms with E-state index in [1.165, 1.54) is 0 Å². The van der Waals surface area contributed by atoms with Gasteiger partial charge in [0.25, 0.3) is 5.91 Å². The number of fused-ring (bicyclic) bond motifs is 1. The number of rotatable bonds is 3. The van der Waals surface area contributed by atoms with Gasteiger partial charge in [-0.1, -0.05) is 6.07 Å². The molecule has 0 unspecified atom stereocenters. The fourth-order valence-corrected chi connectivity index (χ4v) is 2.19. The second kappa shape index (κ2) is 4.89. The summed E-state index contributed by atoms with van der Waals surface area (Å²) in [5, 5.41) is 2.79. The number of nitrogens with one attached hydrogen (secondary N) is 2. The first-order valence-corrected chi connectivity index (χ1v) is 6.48. The van der Waals surface area contributed by atoms with Gasteiger partial charge >= 0.3 is 0 Å². The number of carbonyl (C=O) groups is 1. The van der Waals surface area contributed by atoms with E-state index in [1.807, 2.05) is 18.2 Å². The number of H-pyrrole nitrogens is 1. The lowest BCUT2D eigenvalue weighted by molar-refractivity contribution is 0.0946. The topological polar surface area (TPSA) is 70.9 Å². The van der Waals surface area contributed by atoms with E-state index in [0.29, 0.717) is 22.5 Å². The number of aromatic nitrogens is 2. The van der Waals surface area contributed by atoms with Crippen molar-refractivity contribution < 1.29 is 9.21 Å². The quantitative estimate of drug-likeness (QED) is 0.779. The zero-order valence-corrected chi connectivity index (χ0v) is 11.4. The maximum Gasteiger partial charge on any atom is 0.268 e. The Labute approximate surface area is 117 Å².